The molecule has 0 spiro atoms. The molecular formula is C27H34F4N2O. The highest BCUT2D eigenvalue weighted by atomic mass is 19.4. The Hall–Kier alpha value is -2.41. The van der Waals surface area contributed by atoms with E-state index in [2.05, 4.69) is 18.7 Å². The Morgan fingerprint density at radius 2 is 1.76 bits per heavy atom. The van der Waals surface area contributed by atoms with Crippen molar-refractivity contribution >= 4 is 5.91 Å². The summed E-state index contributed by atoms with van der Waals surface area (Å²) in [6.45, 7) is 10.7. The summed E-state index contributed by atoms with van der Waals surface area (Å²) in [5.74, 6) is -0.0232. The van der Waals surface area contributed by atoms with Gasteiger partial charge in [0.15, 0.2) is 0 Å². The molecule has 2 aromatic rings. The van der Waals surface area contributed by atoms with E-state index in [-0.39, 0.29) is 29.5 Å². The second-order valence-corrected chi connectivity index (χ2v) is 10.1. The molecule has 0 saturated carbocycles. The minimum absolute atomic E-state index is 0.0175. The van der Waals surface area contributed by atoms with Crippen LogP contribution in [0.1, 0.15) is 50.3 Å². The van der Waals surface area contributed by atoms with Crippen molar-refractivity contribution in [1.82, 2.24) is 9.80 Å². The maximum atomic E-state index is 14.0. The number of amides is 1. The van der Waals surface area contributed by atoms with Crippen LogP contribution in [0.5, 0.6) is 0 Å². The number of hydrogen-bond acceptors (Lipinski definition) is 2. The topological polar surface area (TPSA) is 23.6 Å². The highest BCUT2D eigenvalue weighted by Crippen LogP contribution is 2.36. The molecule has 186 valence electrons. The summed E-state index contributed by atoms with van der Waals surface area (Å²) >= 11 is 0. The smallest absolute Gasteiger partial charge is 0.342 e. The lowest BCUT2D eigenvalue weighted by molar-refractivity contribution is -0.137. The largest absolute Gasteiger partial charge is 0.416 e. The molecule has 1 aliphatic heterocycles. The number of benzene rings is 2. The van der Waals surface area contributed by atoms with Crippen molar-refractivity contribution in [3.8, 4) is 0 Å². The number of rotatable bonds is 8. The third kappa shape index (κ3) is 6.81. The van der Waals surface area contributed by atoms with Crippen LogP contribution in [0.25, 0.3) is 0 Å². The molecule has 7 heteroatoms. The van der Waals surface area contributed by atoms with E-state index in [0.29, 0.717) is 44.2 Å². The molecule has 0 aliphatic carbocycles. The van der Waals surface area contributed by atoms with E-state index in [0.717, 1.165) is 11.6 Å². The maximum Gasteiger partial charge on any atom is 0.416 e. The van der Waals surface area contributed by atoms with E-state index >= 15 is 0 Å². The average molecular weight is 479 g/mol. The first-order valence-corrected chi connectivity index (χ1v) is 11.9. The van der Waals surface area contributed by atoms with E-state index in [4.69, 9.17) is 0 Å². The van der Waals surface area contributed by atoms with Gasteiger partial charge in [0.25, 0.3) is 0 Å². The maximum absolute atomic E-state index is 14.0. The summed E-state index contributed by atoms with van der Waals surface area (Å²) < 4.78 is 53.5. The first-order valence-electron chi connectivity index (χ1n) is 11.9. The van der Waals surface area contributed by atoms with Crippen LogP contribution in [-0.4, -0.2) is 41.9 Å². The van der Waals surface area contributed by atoms with Crippen LogP contribution in [0.4, 0.5) is 17.6 Å². The van der Waals surface area contributed by atoms with Gasteiger partial charge < -0.3 is 4.90 Å². The fourth-order valence-corrected chi connectivity index (χ4v) is 4.84. The normalized spacial score (nSPS) is 19.2. The van der Waals surface area contributed by atoms with Gasteiger partial charge >= 0.3 is 6.18 Å². The van der Waals surface area contributed by atoms with Crippen molar-refractivity contribution < 1.29 is 22.4 Å². The number of likely N-dealkylation sites (tertiary alicyclic amines) is 1. The second-order valence-electron chi connectivity index (χ2n) is 10.1. The third-order valence-electron chi connectivity index (χ3n) is 6.30. The highest BCUT2D eigenvalue weighted by Gasteiger charge is 2.37. The predicted octanol–water partition coefficient (Wildman–Crippen LogP) is 6.20. The van der Waals surface area contributed by atoms with Gasteiger partial charge in [-0.2, -0.15) is 13.2 Å². The first kappa shape index (κ1) is 26.2. The molecule has 2 atom stereocenters. The van der Waals surface area contributed by atoms with Gasteiger partial charge in [0.1, 0.15) is 5.82 Å². The molecule has 0 unspecified atom stereocenters. The van der Waals surface area contributed by atoms with Crippen molar-refractivity contribution in [2.45, 2.75) is 46.3 Å². The molecule has 0 bridgehead atoms. The van der Waals surface area contributed by atoms with E-state index in [1.165, 1.54) is 24.3 Å². The Labute approximate surface area is 199 Å². The van der Waals surface area contributed by atoms with Crippen LogP contribution in [0.3, 0.4) is 0 Å². The molecule has 1 saturated heterocycles. The summed E-state index contributed by atoms with van der Waals surface area (Å²) in [6.07, 6.45) is -4.39. The van der Waals surface area contributed by atoms with Gasteiger partial charge in [-0.15, -0.1) is 0 Å². The van der Waals surface area contributed by atoms with Crippen molar-refractivity contribution in [3.63, 3.8) is 0 Å². The van der Waals surface area contributed by atoms with Gasteiger partial charge in [0.05, 0.1) is 5.56 Å². The second kappa shape index (κ2) is 10.9. The van der Waals surface area contributed by atoms with Gasteiger partial charge in [-0.25, -0.2) is 4.39 Å². The van der Waals surface area contributed by atoms with Crippen molar-refractivity contribution in [3.05, 3.63) is 71.0 Å². The van der Waals surface area contributed by atoms with Crippen molar-refractivity contribution in [2.75, 3.05) is 26.2 Å². The molecule has 1 aliphatic rings. The fraction of sp³-hybridized carbons (Fsp3) is 0.519. The molecule has 1 fully saturated rings. The fourth-order valence-electron chi connectivity index (χ4n) is 4.84. The number of carbonyl (C=O) groups is 1. The van der Waals surface area contributed by atoms with Crippen molar-refractivity contribution in [1.29, 1.82) is 0 Å². The Morgan fingerprint density at radius 3 is 2.38 bits per heavy atom. The number of halogens is 4. The van der Waals surface area contributed by atoms with Crippen LogP contribution in [0.2, 0.25) is 0 Å². The van der Waals surface area contributed by atoms with Gasteiger partial charge in [0.2, 0.25) is 5.91 Å². The number of alkyl halides is 3. The zero-order valence-corrected chi connectivity index (χ0v) is 20.3. The molecule has 1 heterocycles. The van der Waals surface area contributed by atoms with E-state index < -0.39 is 11.7 Å². The standard InChI is InChI=1S/C27H34F4N2O/c1-18(2)13-33(26(34)19(3)4)16-22-15-32(17-25(22)21-8-6-10-24(28)12-21)14-20-7-5-9-23(11-20)27(29,30)31/h5-12,18-19,22,25H,13-17H2,1-4H3/t22-,25+/m0/s1. The molecule has 0 radical (unpaired) electrons. The summed E-state index contributed by atoms with van der Waals surface area (Å²) in [4.78, 5) is 16.9. The summed E-state index contributed by atoms with van der Waals surface area (Å²) in [5.41, 5.74) is 0.789. The molecule has 3 rings (SSSR count). The van der Waals surface area contributed by atoms with Gasteiger partial charge in [-0.3, -0.25) is 9.69 Å². The van der Waals surface area contributed by atoms with Crippen LogP contribution in [0.15, 0.2) is 48.5 Å². The Bertz CT molecular complexity index is 973. The molecular weight excluding hydrogens is 444 g/mol. The van der Waals surface area contributed by atoms with Crippen LogP contribution in [-0.2, 0) is 17.5 Å². The number of carbonyl (C=O) groups excluding carboxylic acids is 1. The quantitative estimate of drug-likeness (QED) is 0.422. The zero-order chi connectivity index (χ0) is 25.0. The Balaban J connectivity index is 1.85. The van der Waals surface area contributed by atoms with E-state index in [1.807, 2.05) is 24.8 Å². The first-order chi connectivity index (χ1) is 15.9. The summed E-state index contributed by atoms with van der Waals surface area (Å²) in [6, 6.07) is 11.9. The summed E-state index contributed by atoms with van der Waals surface area (Å²) in [5, 5.41) is 0. The monoisotopic (exact) mass is 478 g/mol. The number of nitrogens with zero attached hydrogens (tertiary/aromatic N) is 2. The minimum Gasteiger partial charge on any atom is -0.342 e. The third-order valence-corrected chi connectivity index (χ3v) is 6.30. The van der Waals surface area contributed by atoms with Crippen molar-refractivity contribution in [2.24, 2.45) is 17.8 Å². The van der Waals surface area contributed by atoms with Crippen LogP contribution < -0.4 is 0 Å². The zero-order valence-electron chi connectivity index (χ0n) is 20.3. The highest BCUT2D eigenvalue weighted by molar-refractivity contribution is 5.78. The van der Waals surface area contributed by atoms with Crippen LogP contribution >= 0.6 is 0 Å². The van der Waals surface area contributed by atoms with Gasteiger partial charge in [-0.05, 0) is 41.2 Å². The SMILES string of the molecule is CC(C)CN(C[C@@H]1CN(Cc2cccc(C(F)(F)F)c2)C[C@@H]1c1cccc(F)c1)C(=O)C(C)C. The van der Waals surface area contributed by atoms with Gasteiger partial charge in [0, 0.05) is 44.6 Å². The molecule has 1 amide bonds. The molecule has 0 aromatic heterocycles. The Morgan fingerprint density at radius 1 is 1.06 bits per heavy atom. The van der Waals surface area contributed by atoms with E-state index in [1.54, 1.807) is 12.1 Å². The average Bonchev–Trinajstić information content (AvgIpc) is 3.14. The van der Waals surface area contributed by atoms with E-state index in [9.17, 15) is 22.4 Å². The molecule has 2 aromatic carbocycles. The van der Waals surface area contributed by atoms with Crippen LogP contribution in [0, 0.1) is 23.6 Å². The molecule has 3 nitrogen and oxygen atoms in total. The lowest BCUT2D eigenvalue weighted by Gasteiger charge is -2.31. The molecule has 0 N–H and O–H groups in total. The minimum atomic E-state index is -4.39. The number of hydrogen-bond donors (Lipinski definition) is 0. The lowest BCUT2D eigenvalue weighted by Crippen LogP contribution is -2.41. The lowest BCUT2D eigenvalue weighted by atomic mass is 9.88. The molecule has 34 heavy (non-hydrogen) atoms. The van der Waals surface area contributed by atoms with Gasteiger partial charge in [-0.1, -0.05) is 58.0 Å². The summed E-state index contributed by atoms with van der Waals surface area (Å²) in [7, 11) is 0. The Kier molecular flexibility index (Phi) is 8.39. The predicted molar refractivity (Wildman–Crippen MR) is 126 cm³/mol.